The molecule has 0 amide bonds. The SMILES string of the molecule is NCC1OCCC12CCSC2. The summed E-state index contributed by atoms with van der Waals surface area (Å²) in [6.45, 7) is 1.64. The number of rotatable bonds is 1. The Bertz CT molecular complexity index is 140. The molecule has 2 fully saturated rings. The predicted molar refractivity (Wildman–Crippen MR) is 47.8 cm³/mol. The number of hydrogen-bond acceptors (Lipinski definition) is 3. The van der Waals surface area contributed by atoms with Crippen LogP contribution < -0.4 is 5.73 Å². The van der Waals surface area contributed by atoms with Crippen LogP contribution >= 0.6 is 11.8 Å². The van der Waals surface area contributed by atoms with Crippen LogP contribution in [0.2, 0.25) is 0 Å². The highest BCUT2D eigenvalue weighted by atomic mass is 32.2. The first kappa shape index (κ1) is 7.90. The Morgan fingerprint density at radius 2 is 2.45 bits per heavy atom. The van der Waals surface area contributed by atoms with Crippen LogP contribution in [-0.2, 0) is 4.74 Å². The molecule has 2 atom stereocenters. The monoisotopic (exact) mass is 173 g/mol. The highest BCUT2D eigenvalue weighted by molar-refractivity contribution is 7.99. The number of thioether (sulfide) groups is 1. The Morgan fingerprint density at radius 1 is 1.55 bits per heavy atom. The summed E-state index contributed by atoms with van der Waals surface area (Å²) in [5.74, 6) is 2.58. The average molecular weight is 173 g/mol. The van der Waals surface area contributed by atoms with E-state index in [0.29, 0.717) is 18.1 Å². The minimum absolute atomic E-state index is 0.359. The number of nitrogens with two attached hydrogens (primary N) is 1. The van der Waals surface area contributed by atoms with E-state index in [1.165, 1.54) is 24.3 Å². The minimum atomic E-state index is 0.359. The van der Waals surface area contributed by atoms with E-state index in [1.54, 1.807) is 0 Å². The summed E-state index contributed by atoms with van der Waals surface area (Å²) in [6.07, 6.45) is 2.92. The fourth-order valence-corrected chi connectivity index (χ4v) is 3.71. The summed E-state index contributed by atoms with van der Waals surface area (Å²) in [6, 6.07) is 0. The van der Waals surface area contributed by atoms with Gasteiger partial charge in [-0.05, 0) is 18.6 Å². The van der Waals surface area contributed by atoms with Gasteiger partial charge in [-0.25, -0.2) is 0 Å². The van der Waals surface area contributed by atoms with Crippen LogP contribution in [-0.4, -0.2) is 30.8 Å². The van der Waals surface area contributed by atoms with E-state index in [-0.39, 0.29) is 0 Å². The molecule has 0 aromatic rings. The smallest absolute Gasteiger partial charge is 0.0762 e. The summed E-state index contributed by atoms with van der Waals surface area (Å²) in [5.41, 5.74) is 6.13. The largest absolute Gasteiger partial charge is 0.376 e. The lowest BCUT2D eigenvalue weighted by atomic mass is 9.81. The van der Waals surface area contributed by atoms with Gasteiger partial charge in [-0.3, -0.25) is 0 Å². The van der Waals surface area contributed by atoms with Crippen LogP contribution in [0.3, 0.4) is 0 Å². The molecule has 2 saturated heterocycles. The lowest BCUT2D eigenvalue weighted by molar-refractivity contribution is 0.0668. The maximum Gasteiger partial charge on any atom is 0.0762 e. The van der Waals surface area contributed by atoms with Crippen molar-refractivity contribution in [1.82, 2.24) is 0 Å². The van der Waals surface area contributed by atoms with Crippen LogP contribution in [0.5, 0.6) is 0 Å². The Kier molecular flexibility index (Phi) is 2.12. The first-order chi connectivity index (χ1) is 5.37. The molecular formula is C8H15NOS. The predicted octanol–water partition coefficient (Wildman–Crippen LogP) is 0.857. The van der Waals surface area contributed by atoms with E-state index in [0.717, 1.165) is 6.61 Å². The van der Waals surface area contributed by atoms with Crippen molar-refractivity contribution >= 4 is 11.8 Å². The summed E-state index contributed by atoms with van der Waals surface area (Å²) in [5, 5.41) is 0. The third-order valence-electron chi connectivity index (χ3n) is 2.95. The zero-order valence-corrected chi connectivity index (χ0v) is 7.53. The second-order valence-corrected chi connectivity index (χ2v) is 4.62. The first-order valence-corrected chi connectivity index (χ1v) is 5.42. The Hall–Kier alpha value is 0.270. The molecule has 2 unspecified atom stereocenters. The van der Waals surface area contributed by atoms with Crippen molar-refractivity contribution in [3.8, 4) is 0 Å². The normalized spacial score (nSPS) is 43.9. The topological polar surface area (TPSA) is 35.2 Å². The van der Waals surface area contributed by atoms with E-state index < -0.39 is 0 Å². The highest BCUT2D eigenvalue weighted by Gasteiger charge is 2.45. The molecular weight excluding hydrogens is 158 g/mol. The third-order valence-corrected chi connectivity index (χ3v) is 4.22. The van der Waals surface area contributed by atoms with Gasteiger partial charge >= 0.3 is 0 Å². The van der Waals surface area contributed by atoms with Gasteiger partial charge in [0.25, 0.3) is 0 Å². The Morgan fingerprint density at radius 3 is 3.09 bits per heavy atom. The maximum atomic E-state index is 5.65. The summed E-state index contributed by atoms with van der Waals surface area (Å²) >= 11 is 2.05. The fourth-order valence-electron chi connectivity index (χ4n) is 2.13. The molecule has 3 heteroatoms. The molecule has 2 aliphatic heterocycles. The lowest BCUT2D eigenvalue weighted by Crippen LogP contribution is -2.36. The van der Waals surface area contributed by atoms with Gasteiger partial charge in [0.1, 0.15) is 0 Å². The van der Waals surface area contributed by atoms with Crippen molar-refractivity contribution in [3.05, 3.63) is 0 Å². The van der Waals surface area contributed by atoms with Crippen molar-refractivity contribution in [2.45, 2.75) is 18.9 Å². The zero-order valence-electron chi connectivity index (χ0n) is 6.71. The Balaban J connectivity index is 2.09. The second-order valence-electron chi connectivity index (χ2n) is 3.51. The van der Waals surface area contributed by atoms with E-state index in [4.69, 9.17) is 10.5 Å². The maximum absolute atomic E-state index is 5.65. The lowest BCUT2D eigenvalue weighted by Gasteiger charge is -2.27. The molecule has 2 rings (SSSR count). The van der Waals surface area contributed by atoms with Crippen LogP contribution in [0.4, 0.5) is 0 Å². The summed E-state index contributed by atoms with van der Waals surface area (Å²) in [7, 11) is 0. The van der Waals surface area contributed by atoms with E-state index in [1.807, 2.05) is 0 Å². The first-order valence-electron chi connectivity index (χ1n) is 4.27. The standard InChI is InChI=1S/C8H15NOS/c9-5-7-8(1-3-10-7)2-4-11-6-8/h7H,1-6,9H2. The molecule has 2 nitrogen and oxygen atoms in total. The van der Waals surface area contributed by atoms with Gasteiger partial charge in [0.2, 0.25) is 0 Å². The quantitative estimate of drug-likeness (QED) is 0.638. The highest BCUT2D eigenvalue weighted by Crippen LogP contribution is 2.46. The van der Waals surface area contributed by atoms with Crippen molar-refractivity contribution < 1.29 is 4.74 Å². The molecule has 2 heterocycles. The van der Waals surface area contributed by atoms with Crippen molar-refractivity contribution in [2.75, 3.05) is 24.7 Å². The fraction of sp³-hybridized carbons (Fsp3) is 1.00. The number of ether oxygens (including phenoxy) is 1. The molecule has 0 saturated carbocycles. The van der Waals surface area contributed by atoms with E-state index in [2.05, 4.69) is 11.8 Å². The molecule has 0 radical (unpaired) electrons. The average Bonchev–Trinajstić information content (AvgIpc) is 2.62. The van der Waals surface area contributed by atoms with Crippen molar-refractivity contribution in [1.29, 1.82) is 0 Å². The molecule has 0 aliphatic carbocycles. The number of hydrogen-bond donors (Lipinski definition) is 1. The van der Waals surface area contributed by atoms with Gasteiger partial charge in [0.15, 0.2) is 0 Å². The van der Waals surface area contributed by atoms with Crippen LogP contribution in [0.25, 0.3) is 0 Å². The van der Waals surface area contributed by atoms with Gasteiger partial charge in [-0.15, -0.1) is 0 Å². The molecule has 1 spiro atoms. The summed E-state index contributed by atoms with van der Waals surface area (Å²) < 4.78 is 5.60. The Labute approximate surface area is 71.9 Å². The van der Waals surface area contributed by atoms with Crippen molar-refractivity contribution in [3.63, 3.8) is 0 Å². The van der Waals surface area contributed by atoms with Gasteiger partial charge in [-0.2, -0.15) is 11.8 Å². The van der Waals surface area contributed by atoms with Crippen LogP contribution in [0, 0.1) is 5.41 Å². The van der Waals surface area contributed by atoms with E-state index in [9.17, 15) is 0 Å². The second kappa shape index (κ2) is 2.96. The van der Waals surface area contributed by atoms with Gasteiger partial charge in [0.05, 0.1) is 6.10 Å². The molecule has 11 heavy (non-hydrogen) atoms. The van der Waals surface area contributed by atoms with Gasteiger partial charge < -0.3 is 10.5 Å². The van der Waals surface area contributed by atoms with Gasteiger partial charge in [0, 0.05) is 24.3 Å². The van der Waals surface area contributed by atoms with E-state index >= 15 is 0 Å². The molecule has 0 aromatic carbocycles. The third kappa shape index (κ3) is 1.19. The van der Waals surface area contributed by atoms with Crippen LogP contribution in [0.15, 0.2) is 0 Å². The molecule has 2 N–H and O–H groups in total. The molecule has 64 valence electrons. The molecule has 0 aromatic heterocycles. The minimum Gasteiger partial charge on any atom is -0.376 e. The molecule has 2 aliphatic rings. The van der Waals surface area contributed by atoms with Crippen molar-refractivity contribution in [2.24, 2.45) is 11.1 Å². The van der Waals surface area contributed by atoms with Crippen LogP contribution in [0.1, 0.15) is 12.8 Å². The summed E-state index contributed by atoms with van der Waals surface area (Å²) in [4.78, 5) is 0. The van der Waals surface area contributed by atoms with Gasteiger partial charge in [-0.1, -0.05) is 0 Å². The zero-order chi connectivity index (χ0) is 7.73. The molecule has 0 bridgehead atoms.